The molecule has 0 saturated heterocycles. The van der Waals surface area contributed by atoms with E-state index in [1.54, 1.807) is 36.4 Å². The van der Waals surface area contributed by atoms with E-state index >= 15 is 0 Å². The number of thiazole rings is 1. The number of nitrogen functional groups attached to an aromatic ring is 1. The third-order valence-corrected chi connectivity index (χ3v) is 4.02. The molecule has 3 rings (SSSR count). The summed E-state index contributed by atoms with van der Waals surface area (Å²) < 4.78 is 0.794. The van der Waals surface area contributed by atoms with Crippen LogP contribution in [0.1, 0.15) is 15.9 Å². The molecule has 120 valence electrons. The smallest absolute Gasteiger partial charge is 0.278 e. The van der Waals surface area contributed by atoms with Gasteiger partial charge >= 0.3 is 0 Å². The Bertz CT molecular complexity index is 967. The normalized spacial score (nSPS) is 11.0. The Morgan fingerprint density at radius 2 is 2.12 bits per heavy atom. The monoisotopic (exact) mass is 341 g/mol. The number of nitrogens with zero attached hydrogens (tertiary/aromatic N) is 3. The first kappa shape index (κ1) is 15.6. The standard InChI is InChI=1S/C15H11N5O3S/c16-15-18-11-6-5-9(7-13(11)24-15)14(21)19-17-8-10-3-1-2-4-12(10)20(22)23/h1-8H,(H2,16,18)(H,19,21)/b17-8-. The highest BCUT2D eigenvalue weighted by Crippen LogP contribution is 2.24. The molecule has 0 atom stereocenters. The lowest BCUT2D eigenvalue weighted by atomic mass is 10.2. The fourth-order valence-electron chi connectivity index (χ4n) is 2.07. The van der Waals surface area contributed by atoms with Gasteiger partial charge in [0.15, 0.2) is 5.13 Å². The van der Waals surface area contributed by atoms with E-state index in [2.05, 4.69) is 15.5 Å². The van der Waals surface area contributed by atoms with E-state index < -0.39 is 10.8 Å². The molecule has 1 amide bonds. The summed E-state index contributed by atoms with van der Waals surface area (Å²) in [6.07, 6.45) is 1.24. The molecule has 24 heavy (non-hydrogen) atoms. The van der Waals surface area contributed by atoms with Gasteiger partial charge in [-0.05, 0) is 24.3 Å². The number of anilines is 1. The molecular weight excluding hydrogens is 330 g/mol. The summed E-state index contributed by atoms with van der Waals surface area (Å²) in [6.45, 7) is 0. The van der Waals surface area contributed by atoms with Crippen LogP contribution in [0.2, 0.25) is 0 Å². The molecule has 0 aliphatic rings. The number of hydrogen-bond acceptors (Lipinski definition) is 7. The van der Waals surface area contributed by atoms with Crippen LogP contribution in [0.3, 0.4) is 0 Å². The predicted octanol–water partition coefficient (Wildman–Crippen LogP) is 2.55. The first-order chi connectivity index (χ1) is 11.5. The molecule has 3 N–H and O–H groups in total. The number of hydrazone groups is 1. The number of nitro groups is 1. The maximum Gasteiger partial charge on any atom is 0.278 e. The van der Waals surface area contributed by atoms with E-state index in [9.17, 15) is 14.9 Å². The third kappa shape index (κ3) is 3.20. The van der Waals surface area contributed by atoms with E-state index in [0.29, 0.717) is 16.3 Å². The summed E-state index contributed by atoms with van der Waals surface area (Å²) in [5.74, 6) is -0.432. The van der Waals surface area contributed by atoms with E-state index in [1.807, 2.05) is 0 Å². The molecule has 0 aliphatic heterocycles. The first-order valence-electron chi connectivity index (χ1n) is 6.77. The van der Waals surface area contributed by atoms with Crippen LogP contribution in [0.5, 0.6) is 0 Å². The summed E-state index contributed by atoms with van der Waals surface area (Å²) in [5.41, 5.74) is 9.30. The first-order valence-corrected chi connectivity index (χ1v) is 7.59. The molecule has 1 aromatic heterocycles. The van der Waals surface area contributed by atoms with Gasteiger partial charge in [0, 0.05) is 11.6 Å². The van der Waals surface area contributed by atoms with Crippen molar-refractivity contribution in [3.05, 3.63) is 63.7 Å². The van der Waals surface area contributed by atoms with E-state index in [4.69, 9.17) is 5.73 Å². The molecule has 0 unspecified atom stereocenters. The summed E-state index contributed by atoms with van der Waals surface area (Å²) >= 11 is 1.28. The molecule has 9 heteroatoms. The summed E-state index contributed by atoms with van der Waals surface area (Å²) in [4.78, 5) is 26.6. The van der Waals surface area contributed by atoms with Crippen molar-refractivity contribution in [3.8, 4) is 0 Å². The van der Waals surface area contributed by atoms with Crippen molar-refractivity contribution < 1.29 is 9.72 Å². The van der Waals surface area contributed by atoms with Gasteiger partial charge in [0.05, 0.1) is 26.9 Å². The minimum Gasteiger partial charge on any atom is -0.375 e. The lowest BCUT2D eigenvalue weighted by Crippen LogP contribution is -2.17. The van der Waals surface area contributed by atoms with Gasteiger partial charge in [-0.15, -0.1) is 0 Å². The van der Waals surface area contributed by atoms with Gasteiger partial charge in [0.1, 0.15) is 0 Å². The largest absolute Gasteiger partial charge is 0.375 e. The van der Waals surface area contributed by atoms with E-state index in [1.165, 1.54) is 23.6 Å². The molecule has 3 aromatic rings. The van der Waals surface area contributed by atoms with Gasteiger partial charge in [-0.1, -0.05) is 23.5 Å². The van der Waals surface area contributed by atoms with Gasteiger partial charge in [0.2, 0.25) is 0 Å². The van der Waals surface area contributed by atoms with Crippen molar-refractivity contribution in [3.63, 3.8) is 0 Å². The lowest BCUT2D eigenvalue weighted by molar-refractivity contribution is -0.385. The maximum absolute atomic E-state index is 12.1. The van der Waals surface area contributed by atoms with Crippen molar-refractivity contribution >= 4 is 44.5 Å². The van der Waals surface area contributed by atoms with Gasteiger partial charge < -0.3 is 5.73 Å². The van der Waals surface area contributed by atoms with Crippen LogP contribution in [0, 0.1) is 10.1 Å². The van der Waals surface area contributed by atoms with E-state index in [0.717, 1.165) is 10.2 Å². The Labute approximate surface area is 139 Å². The van der Waals surface area contributed by atoms with Crippen LogP contribution in [0.15, 0.2) is 47.6 Å². The Balaban J connectivity index is 1.76. The lowest BCUT2D eigenvalue weighted by Gasteiger charge is -2.00. The molecule has 0 spiro atoms. The Morgan fingerprint density at radius 1 is 1.33 bits per heavy atom. The minimum atomic E-state index is -0.509. The molecule has 0 aliphatic carbocycles. The maximum atomic E-state index is 12.1. The summed E-state index contributed by atoms with van der Waals surface area (Å²) in [7, 11) is 0. The Hall–Kier alpha value is -3.33. The second-order valence-electron chi connectivity index (χ2n) is 4.75. The number of nitrogens with one attached hydrogen (secondary N) is 1. The average Bonchev–Trinajstić information content (AvgIpc) is 2.94. The van der Waals surface area contributed by atoms with Crippen molar-refractivity contribution in [1.29, 1.82) is 0 Å². The van der Waals surface area contributed by atoms with Crippen LogP contribution >= 0.6 is 11.3 Å². The second kappa shape index (κ2) is 6.42. The number of nitrogens with two attached hydrogens (primary N) is 1. The number of para-hydroxylation sites is 1. The van der Waals surface area contributed by atoms with Crippen molar-refractivity contribution in [2.45, 2.75) is 0 Å². The van der Waals surface area contributed by atoms with Crippen LogP contribution in [0.4, 0.5) is 10.8 Å². The van der Waals surface area contributed by atoms with Crippen LogP contribution in [-0.4, -0.2) is 22.0 Å². The molecule has 8 nitrogen and oxygen atoms in total. The zero-order valence-electron chi connectivity index (χ0n) is 12.2. The number of nitro benzene ring substituents is 1. The highest BCUT2D eigenvalue weighted by Gasteiger charge is 2.11. The van der Waals surface area contributed by atoms with Gasteiger partial charge in [-0.25, -0.2) is 10.4 Å². The minimum absolute atomic E-state index is 0.0861. The molecule has 0 bridgehead atoms. The highest BCUT2D eigenvalue weighted by atomic mass is 32.1. The molecule has 2 aromatic carbocycles. The van der Waals surface area contributed by atoms with Gasteiger partial charge in [-0.3, -0.25) is 14.9 Å². The Morgan fingerprint density at radius 3 is 2.92 bits per heavy atom. The molecular formula is C15H11N5O3S. The average molecular weight is 341 g/mol. The number of hydrogen-bond donors (Lipinski definition) is 2. The fraction of sp³-hybridized carbons (Fsp3) is 0. The number of benzene rings is 2. The SMILES string of the molecule is Nc1nc2ccc(C(=O)N/N=C\c3ccccc3[N+](=O)[O-])cc2s1. The number of carbonyl (C=O) groups is 1. The molecule has 1 heterocycles. The van der Waals surface area contributed by atoms with E-state index in [-0.39, 0.29) is 5.69 Å². The highest BCUT2D eigenvalue weighted by molar-refractivity contribution is 7.22. The number of amides is 1. The molecule has 0 fully saturated rings. The third-order valence-electron chi connectivity index (χ3n) is 3.17. The second-order valence-corrected chi connectivity index (χ2v) is 5.81. The van der Waals surface area contributed by atoms with Crippen LogP contribution in [0.25, 0.3) is 10.2 Å². The number of aromatic nitrogens is 1. The number of fused-ring (bicyclic) bond motifs is 1. The van der Waals surface area contributed by atoms with Crippen molar-refractivity contribution in [2.24, 2.45) is 5.10 Å². The number of rotatable bonds is 4. The quantitative estimate of drug-likeness (QED) is 0.429. The molecule has 0 saturated carbocycles. The zero-order chi connectivity index (χ0) is 17.1. The van der Waals surface area contributed by atoms with Crippen molar-refractivity contribution in [1.82, 2.24) is 10.4 Å². The van der Waals surface area contributed by atoms with Crippen LogP contribution in [-0.2, 0) is 0 Å². The fourth-order valence-corrected chi connectivity index (χ4v) is 2.85. The molecule has 0 radical (unpaired) electrons. The zero-order valence-corrected chi connectivity index (χ0v) is 13.0. The Kier molecular flexibility index (Phi) is 4.17. The van der Waals surface area contributed by atoms with Crippen molar-refractivity contribution in [2.75, 3.05) is 5.73 Å². The predicted molar refractivity (Wildman–Crippen MR) is 92.2 cm³/mol. The number of carbonyl (C=O) groups excluding carboxylic acids is 1. The topological polar surface area (TPSA) is 124 Å². The summed E-state index contributed by atoms with van der Waals surface area (Å²) in [5, 5.41) is 15.1. The van der Waals surface area contributed by atoms with Gasteiger partial charge in [0.25, 0.3) is 11.6 Å². The van der Waals surface area contributed by atoms with Gasteiger partial charge in [-0.2, -0.15) is 5.10 Å². The summed E-state index contributed by atoms with van der Waals surface area (Å²) in [6, 6.07) is 11.1. The van der Waals surface area contributed by atoms with Crippen LogP contribution < -0.4 is 11.2 Å².